The lowest BCUT2D eigenvalue weighted by Gasteiger charge is -2.22. The van der Waals surface area contributed by atoms with Crippen molar-refractivity contribution >= 4 is 15.9 Å². The van der Waals surface area contributed by atoms with Crippen molar-refractivity contribution in [1.82, 2.24) is 4.90 Å². The van der Waals surface area contributed by atoms with E-state index in [-0.39, 0.29) is 6.61 Å². The van der Waals surface area contributed by atoms with Gasteiger partial charge in [0.25, 0.3) is 0 Å². The molecule has 0 heterocycles. The predicted molar refractivity (Wildman–Crippen MR) is 86.5 cm³/mol. The molecule has 21 heavy (non-hydrogen) atoms. The highest BCUT2D eigenvalue weighted by molar-refractivity contribution is 9.10. The van der Waals surface area contributed by atoms with Gasteiger partial charge in [-0.05, 0) is 23.3 Å². The summed E-state index contributed by atoms with van der Waals surface area (Å²) >= 11 is 3.51. The first-order valence-corrected chi connectivity index (χ1v) is 7.58. The number of halogens is 1. The quantitative estimate of drug-likeness (QED) is 0.874. The van der Waals surface area contributed by atoms with Crippen LogP contribution in [-0.4, -0.2) is 23.2 Å². The second-order valence-corrected chi connectivity index (χ2v) is 5.69. The standard InChI is InChI=1S/C17H17BrN2O/c18-17-10-15(11-19)6-7-16(17)13-20(8-9-21)12-14-4-2-1-3-5-14/h1-7,10,21H,8-9,12-13H2. The van der Waals surface area contributed by atoms with Crippen LogP contribution < -0.4 is 0 Å². The lowest BCUT2D eigenvalue weighted by Crippen LogP contribution is -2.26. The van der Waals surface area contributed by atoms with Crippen LogP contribution in [0.25, 0.3) is 0 Å². The van der Waals surface area contributed by atoms with Crippen LogP contribution in [-0.2, 0) is 13.1 Å². The van der Waals surface area contributed by atoms with Gasteiger partial charge in [-0.25, -0.2) is 0 Å². The van der Waals surface area contributed by atoms with Crippen molar-refractivity contribution in [1.29, 1.82) is 5.26 Å². The topological polar surface area (TPSA) is 47.3 Å². The molecule has 108 valence electrons. The van der Waals surface area contributed by atoms with E-state index in [0.717, 1.165) is 23.1 Å². The third kappa shape index (κ3) is 4.68. The maximum Gasteiger partial charge on any atom is 0.0992 e. The molecule has 0 spiro atoms. The van der Waals surface area contributed by atoms with Crippen LogP contribution in [0.5, 0.6) is 0 Å². The third-order valence-corrected chi connectivity index (χ3v) is 3.98. The van der Waals surface area contributed by atoms with E-state index in [1.54, 1.807) is 0 Å². The second-order valence-electron chi connectivity index (χ2n) is 4.84. The maximum absolute atomic E-state index is 9.25. The van der Waals surface area contributed by atoms with Crippen LogP contribution in [0.1, 0.15) is 16.7 Å². The van der Waals surface area contributed by atoms with Crippen molar-refractivity contribution in [3.63, 3.8) is 0 Å². The van der Waals surface area contributed by atoms with Gasteiger partial charge in [-0.15, -0.1) is 0 Å². The molecule has 4 heteroatoms. The van der Waals surface area contributed by atoms with Crippen LogP contribution >= 0.6 is 15.9 Å². The minimum absolute atomic E-state index is 0.126. The molecule has 0 saturated carbocycles. The SMILES string of the molecule is N#Cc1ccc(CN(CCO)Cc2ccccc2)c(Br)c1. The summed E-state index contributed by atoms with van der Waals surface area (Å²) in [5.41, 5.74) is 2.97. The van der Waals surface area contributed by atoms with Gasteiger partial charge >= 0.3 is 0 Å². The zero-order valence-electron chi connectivity index (χ0n) is 11.7. The Labute approximate surface area is 133 Å². The Kier molecular flexibility index (Phi) is 5.94. The molecule has 1 N–H and O–H groups in total. The van der Waals surface area contributed by atoms with E-state index in [9.17, 15) is 5.11 Å². The molecule has 0 unspecified atom stereocenters. The number of aliphatic hydroxyl groups excluding tert-OH is 1. The molecule has 2 rings (SSSR count). The molecule has 0 atom stereocenters. The molecule has 3 nitrogen and oxygen atoms in total. The third-order valence-electron chi connectivity index (χ3n) is 3.24. The van der Waals surface area contributed by atoms with Crippen LogP contribution in [0.2, 0.25) is 0 Å². The largest absolute Gasteiger partial charge is 0.395 e. The molecule has 2 aromatic rings. The Balaban J connectivity index is 2.11. The Morgan fingerprint density at radius 3 is 2.48 bits per heavy atom. The number of benzene rings is 2. The molecular formula is C17H17BrN2O. The Morgan fingerprint density at radius 2 is 1.86 bits per heavy atom. The second kappa shape index (κ2) is 7.94. The van der Waals surface area contributed by atoms with Crippen molar-refractivity contribution < 1.29 is 5.11 Å². The smallest absolute Gasteiger partial charge is 0.0992 e. The fraction of sp³-hybridized carbons (Fsp3) is 0.235. The lowest BCUT2D eigenvalue weighted by atomic mass is 10.1. The van der Waals surface area contributed by atoms with Gasteiger partial charge in [0.1, 0.15) is 0 Å². The van der Waals surface area contributed by atoms with Gasteiger partial charge in [-0.1, -0.05) is 52.3 Å². The summed E-state index contributed by atoms with van der Waals surface area (Å²) < 4.78 is 0.928. The first kappa shape index (κ1) is 15.7. The van der Waals surface area contributed by atoms with E-state index in [1.165, 1.54) is 5.56 Å². The van der Waals surface area contributed by atoms with E-state index in [0.29, 0.717) is 12.1 Å². The summed E-state index contributed by atoms with van der Waals surface area (Å²) in [5, 5.41) is 18.1. The minimum atomic E-state index is 0.126. The summed E-state index contributed by atoms with van der Waals surface area (Å²) in [4.78, 5) is 2.18. The molecule has 0 amide bonds. The highest BCUT2D eigenvalue weighted by Gasteiger charge is 2.09. The molecule has 0 aliphatic rings. The lowest BCUT2D eigenvalue weighted by molar-refractivity contribution is 0.184. The number of rotatable bonds is 6. The molecule has 0 saturated heterocycles. The summed E-state index contributed by atoms with van der Waals surface area (Å²) in [7, 11) is 0. The summed E-state index contributed by atoms with van der Waals surface area (Å²) in [6.07, 6.45) is 0. The van der Waals surface area contributed by atoms with Crippen molar-refractivity contribution in [2.24, 2.45) is 0 Å². The zero-order valence-corrected chi connectivity index (χ0v) is 13.3. The van der Waals surface area contributed by atoms with Gasteiger partial charge in [0.05, 0.1) is 18.2 Å². The average molecular weight is 345 g/mol. The average Bonchev–Trinajstić information content (AvgIpc) is 2.50. The maximum atomic E-state index is 9.25. The number of nitriles is 1. The fourth-order valence-electron chi connectivity index (χ4n) is 2.18. The van der Waals surface area contributed by atoms with Crippen LogP contribution in [0.15, 0.2) is 53.0 Å². The number of hydrogen-bond donors (Lipinski definition) is 1. The predicted octanol–water partition coefficient (Wildman–Crippen LogP) is 3.32. The normalized spacial score (nSPS) is 10.6. The van der Waals surface area contributed by atoms with Crippen LogP contribution in [0.3, 0.4) is 0 Å². The first-order chi connectivity index (χ1) is 10.2. The Morgan fingerprint density at radius 1 is 1.10 bits per heavy atom. The fourth-order valence-corrected chi connectivity index (χ4v) is 2.69. The minimum Gasteiger partial charge on any atom is -0.395 e. The van der Waals surface area contributed by atoms with Crippen LogP contribution in [0, 0.1) is 11.3 Å². The molecule has 0 radical (unpaired) electrons. The van der Waals surface area contributed by atoms with E-state index in [4.69, 9.17) is 5.26 Å². The molecular weight excluding hydrogens is 328 g/mol. The molecule has 0 aromatic heterocycles. The number of aliphatic hydroxyl groups is 1. The number of hydrogen-bond acceptors (Lipinski definition) is 3. The van der Waals surface area contributed by atoms with Gasteiger partial charge in [0.2, 0.25) is 0 Å². The van der Waals surface area contributed by atoms with E-state index >= 15 is 0 Å². The van der Waals surface area contributed by atoms with Crippen molar-refractivity contribution in [3.8, 4) is 6.07 Å². The van der Waals surface area contributed by atoms with Gasteiger partial charge in [-0.3, -0.25) is 4.90 Å². The monoisotopic (exact) mass is 344 g/mol. The zero-order chi connectivity index (χ0) is 15.1. The summed E-state index contributed by atoms with van der Waals surface area (Å²) in [6, 6.07) is 17.9. The van der Waals surface area contributed by atoms with Gasteiger partial charge < -0.3 is 5.11 Å². The molecule has 0 aliphatic heterocycles. The molecule has 0 bridgehead atoms. The summed E-state index contributed by atoms with van der Waals surface area (Å²) in [5.74, 6) is 0. The summed E-state index contributed by atoms with van der Waals surface area (Å²) in [6.45, 7) is 2.25. The van der Waals surface area contributed by atoms with Crippen molar-refractivity contribution in [2.45, 2.75) is 13.1 Å². The first-order valence-electron chi connectivity index (χ1n) is 6.78. The van der Waals surface area contributed by atoms with Gasteiger partial charge in [-0.2, -0.15) is 5.26 Å². The Bertz CT molecular complexity index is 622. The number of nitrogens with zero attached hydrogens (tertiary/aromatic N) is 2. The molecule has 0 fully saturated rings. The van der Waals surface area contributed by atoms with E-state index < -0.39 is 0 Å². The van der Waals surface area contributed by atoms with Crippen LogP contribution in [0.4, 0.5) is 0 Å². The van der Waals surface area contributed by atoms with Gasteiger partial charge in [0.15, 0.2) is 0 Å². The van der Waals surface area contributed by atoms with Crippen molar-refractivity contribution in [3.05, 3.63) is 69.7 Å². The highest BCUT2D eigenvalue weighted by atomic mass is 79.9. The molecule has 0 aliphatic carbocycles. The molecule has 2 aromatic carbocycles. The Hall–Kier alpha value is -1.67. The van der Waals surface area contributed by atoms with Crippen molar-refractivity contribution in [2.75, 3.05) is 13.2 Å². The van der Waals surface area contributed by atoms with Gasteiger partial charge in [0, 0.05) is 24.1 Å². The van der Waals surface area contributed by atoms with E-state index in [2.05, 4.69) is 39.0 Å². The van der Waals surface area contributed by atoms with E-state index in [1.807, 2.05) is 36.4 Å². The highest BCUT2D eigenvalue weighted by Crippen LogP contribution is 2.21.